The molecule has 5 nitrogen and oxygen atoms in total. The number of thiophene rings is 1. The van der Waals surface area contributed by atoms with E-state index in [1.165, 1.54) is 17.4 Å². The second-order valence-corrected chi connectivity index (χ2v) is 9.88. The number of likely N-dealkylation sites (tertiary alicyclic amines) is 1. The van der Waals surface area contributed by atoms with Gasteiger partial charge in [0.2, 0.25) is 0 Å². The number of hydrogen-bond donors (Lipinski definition) is 1. The zero-order chi connectivity index (χ0) is 24.8. The maximum absolute atomic E-state index is 14.5. The minimum absolute atomic E-state index is 0.0207. The van der Waals surface area contributed by atoms with E-state index >= 15 is 0 Å². The standard InChI is InChI=1S/C28H33FN2O3S/c1-3-34-26-10-6-8-22(27(26)32)18-31-14-11-20(12-15-31)25(17-21-7-4-5-9-24(21)29)30(2)28(33)23-13-16-35-19-23/h4-10,13,16,19-20,25,32H,3,11-12,14-15,17-18H2,1-2H3/t25-/m1/s1. The van der Waals surface area contributed by atoms with Crippen molar-refractivity contribution < 1.29 is 19.0 Å². The van der Waals surface area contributed by atoms with Gasteiger partial charge < -0.3 is 14.7 Å². The van der Waals surface area contributed by atoms with Gasteiger partial charge in [-0.05, 0) is 74.3 Å². The lowest BCUT2D eigenvalue weighted by Gasteiger charge is -2.40. The molecule has 4 rings (SSSR count). The summed E-state index contributed by atoms with van der Waals surface area (Å²) in [6, 6.07) is 14.2. The van der Waals surface area contributed by atoms with E-state index in [4.69, 9.17) is 4.74 Å². The first-order valence-electron chi connectivity index (χ1n) is 12.2. The molecule has 1 aliphatic heterocycles. The summed E-state index contributed by atoms with van der Waals surface area (Å²) in [5.74, 6) is 0.721. The van der Waals surface area contributed by atoms with Crippen LogP contribution in [0.4, 0.5) is 4.39 Å². The molecule has 1 aliphatic rings. The van der Waals surface area contributed by atoms with Gasteiger partial charge in [-0.1, -0.05) is 30.3 Å². The van der Waals surface area contributed by atoms with Gasteiger partial charge in [-0.3, -0.25) is 9.69 Å². The predicted octanol–water partition coefficient (Wildman–Crippen LogP) is 5.59. The molecule has 2 heterocycles. The lowest BCUT2D eigenvalue weighted by Crippen LogP contribution is -2.47. The van der Waals surface area contributed by atoms with Gasteiger partial charge >= 0.3 is 0 Å². The Kier molecular flexibility index (Phi) is 8.42. The Balaban J connectivity index is 1.46. The first-order chi connectivity index (χ1) is 17.0. The van der Waals surface area contributed by atoms with Crippen LogP contribution in [0, 0.1) is 11.7 Å². The number of phenols is 1. The van der Waals surface area contributed by atoms with Gasteiger partial charge in [-0.25, -0.2) is 4.39 Å². The van der Waals surface area contributed by atoms with Gasteiger partial charge in [-0.2, -0.15) is 11.3 Å². The van der Waals surface area contributed by atoms with Crippen molar-refractivity contribution in [3.05, 3.63) is 81.8 Å². The number of nitrogens with zero attached hydrogens (tertiary/aromatic N) is 2. The van der Waals surface area contributed by atoms with Crippen LogP contribution in [0.15, 0.2) is 59.3 Å². The van der Waals surface area contributed by atoms with Crippen molar-refractivity contribution in [3.63, 3.8) is 0 Å². The van der Waals surface area contributed by atoms with Crippen LogP contribution in [0.2, 0.25) is 0 Å². The number of benzene rings is 2. The molecule has 1 saturated heterocycles. The Morgan fingerprint density at radius 1 is 1.17 bits per heavy atom. The molecule has 3 aromatic rings. The molecular weight excluding hydrogens is 463 g/mol. The molecule has 0 radical (unpaired) electrons. The number of ether oxygens (including phenoxy) is 1. The maximum atomic E-state index is 14.5. The first kappa shape index (κ1) is 25.2. The molecule has 0 saturated carbocycles. The van der Waals surface area contributed by atoms with E-state index in [1.807, 2.05) is 60.0 Å². The second-order valence-electron chi connectivity index (χ2n) is 9.10. The minimum Gasteiger partial charge on any atom is -0.504 e. The van der Waals surface area contributed by atoms with Crippen LogP contribution >= 0.6 is 11.3 Å². The highest BCUT2D eigenvalue weighted by Crippen LogP contribution is 2.33. The number of hydrogen-bond acceptors (Lipinski definition) is 5. The number of para-hydroxylation sites is 1. The Morgan fingerprint density at radius 2 is 1.91 bits per heavy atom. The molecule has 7 heteroatoms. The van der Waals surface area contributed by atoms with E-state index in [-0.39, 0.29) is 29.4 Å². The fourth-order valence-corrected chi connectivity index (χ4v) is 5.58. The summed E-state index contributed by atoms with van der Waals surface area (Å²) < 4.78 is 20.1. The monoisotopic (exact) mass is 496 g/mol. The summed E-state index contributed by atoms with van der Waals surface area (Å²) in [4.78, 5) is 17.3. The fraction of sp³-hybridized carbons (Fsp3) is 0.393. The highest BCUT2D eigenvalue weighted by Gasteiger charge is 2.33. The van der Waals surface area contributed by atoms with Crippen molar-refractivity contribution in [2.75, 3.05) is 26.7 Å². The average molecular weight is 497 g/mol. The zero-order valence-electron chi connectivity index (χ0n) is 20.3. The molecule has 1 N–H and O–H groups in total. The van der Waals surface area contributed by atoms with E-state index in [2.05, 4.69) is 4.90 Å². The van der Waals surface area contributed by atoms with Crippen LogP contribution in [0.3, 0.4) is 0 Å². The SMILES string of the molecule is CCOc1cccc(CN2CCC([C@@H](Cc3ccccc3F)N(C)C(=O)c3ccsc3)CC2)c1O. The molecule has 1 fully saturated rings. The molecule has 186 valence electrons. The summed E-state index contributed by atoms with van der Waals surface area (Å²) in [6.07, 6.45) is 2.28. The molecule has 0 unspecified atom stereocenters. The maximum Gasteiger partial charge on any atom is 0.254 e. The number of halogens is 1. The molecule has 2 aromatic carbocycles. The van der Waals surface area contributed by atoms with E-state index in [1.54, 1.807) is 12.1 Å². The molecular formula is C28H33FN2O3S. The van der Waals surface area contributed by atoms with Gasteiger partial charge in [0.1, 0.15) is 5.82 Å². The highest BCUT2D eigenvalue weighted by molar-refractivity contribution is 7.08. The molecule has 1 atom stereocenters. The topological polar surface area (TPSA) is 53.0 Å². The van der Waals surface area contributed by atoms with Crippen molar-refractivity contribution in [3.8, 4) is 11.5 Å². The molecule has 0 bridgehead atoms. The smallest absolute Gasteiger partial charge is 0.254 e. The van der Waals surface area contributed by atoms with Gasteiger partial charge in [0.05, 0.1) is 12.2 Å². The van der Waals surface area contributed by atoms with Crippen LogP contribution in [-0.2, 0) is 13.0 Å². The number of phenolic OH excluding ortho intramolecular Hbond substituents is 1. The number of carbonyl (C=O) groups excluding carboxylic acids is 1. The Labute approximate surface area is 210 Å². The molecule has 0 spiro atoms. The second kappa shape index (κ2) is 11.7. The van der Waals surface area contributed by atoms with Crippen molar-refractivity contribution in [2.24, 2.45) is 5.92 Å². The van der Waals surface area contributed by atoms with E-state index < -0.39 is 0 Å². The lowest BCUT2D eigenvalue weighted by molar-refractivity contribution is 0.0583. The normalized spacial score (nSPS) is 15.6. The molecule has 1 aromatic heterocycles. The Morgan fingerprint density at radius 3 is 2.60 bits per heavy atom. The summed E-state index contributed by atoms with van der Waals surface area (Å²) in [5, 5.41) is 14.3. The van der Waals surface area contributed by atoms with Gasteiger partial charge in [0.25, 0.3) is 5.91 Å². The van der Waals surface area contributed by atoms with Crippen molar-refractivity contribution >= 4 is 17.2 Å². The number of carbonyl (C=O) groups is 1. The largest absolute Gasteiger partial charge is 0.504 e. The van der Waals surface area contributed by atoms with Crippen LogP contribution < -0.4 is 4.74 Å². The minimum atomic E-state index is -0.226. The fourth-order valence-electron chi connectivity index (χ4n) is 4.95. The zero-order valence-corrected chi connectivity index (χ0v) is 21.1. The summed E-state index contributed by atoms with van der Waals surface area (Å²) in [6.45, 7) is 4.73. The third-order valence-electron chi connectivity index (χ3n) is 6.93. The van der Waals surface area contributed by atoms with Gasteiger partial charge in [0.15, 0.2) is 11.5 Å². The number of aromatic hydroxyl groups is 1. The average Bonchev–Trinajstić information content (AvgIpc) is 3.41. The van der Waals surface area contributed by atoms with E-state index in [0.717, 1.165) is 31.5 Å². The van der Waals surface area contributed by atoms with E-state index in [0.29, 0.717) is 36.4 Å². The summed E-state index contributed by atoms with van der Waals surface area (Å²) >= 11 is 1.50. The molecule has 0 aliphatic carbocycles. The summed E-state index contributed by atoms with van der Waals surface area (Å²) in [7, 11) is 1.84. The number of amides is 1. The number of likely N-dealkylation sites (N-methyl/N-ethyl adjacent to an activating group) is 1. The third-order valence-corrected chi connectivity index (χ3v) is 7.61. The van der Waals surface area contributed by atoms with Crippen molar-refractivity contribution in [1.82, 2.24) is 9.80 Å². The number of rotatable bonds is 9. The van der Waals surface area contributed by atoms with Crippen molar-refractivity contribution in [1.29, 1.82) is 0 Å². The van der Waals surface area contributed by atoms with E-state index in [9.17, 15) is 14.3 Å². The van der Waals surface area contributed by atoms with Gasteiger partial charge in [0, 0.05) is 30.6 Å². The third kappa shape index (κ3) is 6.03. The molecule has 35 heavy (non-hydrogen) atoms. The molecule has 1 amide bonds. The number of piperidine rings is 1. The highest BCUT2D eigenvalue weighted by atomic mass is 32.1. The van der Waals surface area contributed by atoms with Crippen LogP contribution in [0.25, 0.3) is 0 Å². The van der Waals surface area contributed by atoms with Crippen LogP contribution in [0.1, 0.15) is 41.3 Å². The van der Waals surface area contributed by atoms with Crippen LogP contribution in [0.5, 0.6) is 11.5 Å². The lowest BCUT2D eigenvalue weighted by atomic mass is 9.84. The summed E-state index contributed by atoms with van der Waals surface area (Å²) in [5.41, 5.74) is 2.17. The Bertz CT molecular complexity index is 1110. The Hall–Kier alpha value is -2.90. The predicted molar refractivity (Wildman–Crippen MR) is 138 cm³/mol. The van der Waals surface area contributed by atoms with Crippen molar-refractivity contribution in [2.45, 2.75) is 38.8 Å². The van der Waals surface area contributed by atoms with Gasteiger partial charge in [-0.15, -0.1) is 0 Å². The quantitative estimate of drug-likeness (QED) is 0.420. The van der Waals surface area contributed by atoms with Crippen LogP contribution in [-0.4, -0.2) is 53.6 Å². The first-order valence-corrected chi connectivity index (χ1v) is 13.1.